The van der Waals surface area contributed by atoms with Gasteiger partial charge in [-0.1, -0.05) is 35.6 Å². The SMILES string of the molecule is C#CC[n+]1c(/C=C/c2ccc(-c3ccc(N(C)C)cc3)n2C)sc2ccccc21. The Balaban J connectivity index is 1.66. The number of benzene rings is 2. The molecule has 2 heterocycles. The highest BCUT2D eigenvalue weighted by atomic mass is 32.1. The number of para-hydroxylation sites is 1. The second-order valence-corrected chi connectivity index (χ2v) is 8.24. The summed E-state index contributed by atoms with van der Waals surface area (Å²) in [7, 11) is 6.22. The van der Waals surface area contributed by atoms with E-state index in [2.05, 4.69) is 114 Å². The third kappa shape index (κ3) is 3.70. The van der Waals surface area contributed by atoms with Crippen molar-refractivity contribution in [3.8, 4) is 23.6 Å². The highest BCUT2D eigenvalue weighted by molar-refractivity contribution is 7.18. The fraction of sp³-hybridized carbons (Fsp3) is 0.160. The molecule has 4 heteroatoms. The predicted molar refractivity (Wildman–Crippen MR) is 125 cm³/mol. The average molecular weight is 399 g/mol. The highest BCUT2D eigenvalue weighted by Gasteiger charge is 2.17. The zero-order valence-electron chi connectivity index (χ0n) is 17.0. The van der Waals surface area contributed by atoms with E-state index in [0.29, 0.717) is 6.54 Å². The van der Waals surface area contributed by atoms with Crippen LogP contribution in [0.4, 0.5) is 5.69 Å². The standard InChI is InChI=1S/C25H24N3S/c1-5-18-28-23-8-6-7-9-24(23)29-25(28)17-15-21-14-16-22(27(21)4)19-10-12-20(13-11-19)26(2)3/h1,6-17H,18H2,2-4H3/q+1. The van der Waals surface area contributed by atoms with Crippen LogP contribution >= 0.6 is 11.3 Å². The molecule has 0 saturated heterocycles. The van der Waals surface area contributed by atoms with Crippen LogP contribution in [0.15, 0.2) is 60.7 Å². The lowest BCUT2D eigenvalue weighted by molar-refractivity contribution is -0.655. The Morgan fingerprint density at radius 1 is 1.03 bits per heavy atom. The maximum absolute atomic E-state index is 5.61. The molecule has 4 aromatic rings. The van der Waals surface area contributed by atoms with Gasteiger partial charge >= 0.3 is 0 Å². The molecular formula is C25H24N3S+. The largest absolute Gasteiger partial charge is 0.378 e. The van der Waals surface area contributed by atoms with Crippen LogP contribution in [0.1, 0.15) is 10.7 Å². The van der Waals surface area contributed by atoms with Gasteiger partial charge in [0, 0.05) is 50.4 Å². The summed E-state index contributed by atoms with van der Waals surface area (Å²) in [6.45, 7) is 0.570. The van der Waals surface area contributed by atoms with Crippen LogP contribution in [-0.2, 0) is 13.6 Å². The van der Waals surface area contributed by atoms with E-state index in [1.165, 1.54) is 27.2 Å². The van der Waals surface area contributed by atoms with Gasteiger partial charge in [0.2, 0.25) is 12.1 Å². The first-order chi connectivity index (χ1) is 14.1. The van der Waals surface area contributed by atoms with E-state index in [-0.39, 0.29) is 0 Å². The number of nitrogens with zero attached hydrogens (tertiary/aromatic N) is 3. The molecule has 0 spiro atoms. The van der Waals surface area contributed by atoms with Gasteiger partial charge in [-0.3, -0.25) is 0 Å². The van der Waals surface area contributed by atoms with Gasteiger partial charge in [0.05, 0.1) is 0 Å². The fourth-order valence-electron chi connectivity index (χ4n) is 3.50. The molecule has 0 fully saturated rings. The quantitative estimate of drug-likeness (QED) is 0.338. The van der Waals surface area contributed by atoms with Gasteiger partial charge in [0.1, 0.15) is 4.70 Å². The van der Waals surface area contributed by atoms with Gasteiger partial charge in [-0.2, -0.15) is 4.57 Å². The monoisotopic (exact) mass is 398 g/mol. The lowest BCUT2D eigenvalue weighted by Crippen LogP contribution is -2.34. The minimum atomic E-state index is 0.570. The van der Waals surface area contributed by atoms with Crippen molar-refractivity contribution in [1.29, 1.82) is 0 Å². The number of rotatable bonds is 5. The Morgan fingerprint density at radius 2 is 1.79 bits per heavy atom. The second kappa shape index (κ2) is 7.98. The van der Waals surface area contributed by atoms with Crippen molar-refractivity contribution in [2.45, 2.75) is 6.54 Å². The topological polar surface area (TPSA) is 12.1 Å². The van der Waals surface area contributed by atoms with Crippen LogP contribution in [0.25, 0.3) is 33.6 Å². The van der Waals surface area contributed by atoms with E-state index < -0.39 is 0 Å². The number of terminal acetylenes is 1. The first-order valence-corrected chi connectivity index (χ1v) is 10.4. The summed E-state index contributed by atoms with van der Waals surface area (Å²) in [6.07, 6.45) is 9.94. The molecule has 2 aromatic heterocycles. The summed E-state index contributed by atoms with van der Waals surface area (Å²) >= 11 is 1.76. The normalized spacial score (nSPS) is 11.2. The summed E-state index contributed by atoms with van der Waals surface area (Å²) in [5.74, 6) is 2.78. The van der Waals surface area contributed by atoms with Gasteiger partial charge in [-0.15, -0.1) is 6.42 Å². The van der Waals surface area contributed by atoms with E-state index in [0.717, 1.165) is 10.7 Å². The van der Waals surface area contributed by atoms with Crippen LogP contribution in [0, 0.1) is 12.3 Å². The number of anilines is 1. The van der Waals surface area contributed by atoms with Gasteiger partial charge in [-0.05, 0) is 47.9 Å². The summed E-state index contributed by atoms with van der Waals surface area (Å²) in [5, 5.41) is 1.15. The molecule has 0 aliphatic rings. The lowest BCUT2D eigenvalue weighted by Gasteiger charge is -2.13. The smallest absolute Gasteiger partial charge is 0.263 e. The van der Waals surface area contributed by atoms with E-state index in [4.69, 9.17) is 6.42 Å². The molecule has 3 nitrogen and oxygen atoms in total. The van der Waals surface area contributed by atoms with E-state index in [1.54, 1.807) is 11.3 Å². The van der Waals surface area contributed by atoms with Crippen molar-refractivity contribution < 1.29 is 4.57 Å². The van der Waals surface area contributed by atoms with Crippen LogP contribution in [0.3, 0.4) is 0 Å². The summed E-state index contributed by atoms with van der Waals surface area (Å²) < 4.78 is 5.66. The zero-order valence-corrected chi connectivity index (χ0v) is 17.8. The molecule has 0 amide bonds. The van der Waals surface area contributed by atoms with Crippen molar-refractivity contribution in [3.05, 3.63) is 71.4 Å². The molecular weight excluding hydrogens is 374 g/mol. The molecule has 2 aromatic carbocycles. The molecule has 0 atom stereocenters. The Hall–Kier alpha value is -3.29. The predicted octanol–water partition coefficient (Wildman–Crippen LogP) is 5.06. The average Bonchev–Trinajstić information content (AvgIpc) is 3.27. The molecule has 29 heavy (non-hydrogen) atoms. The molecule has 0 aliphatic heterocycles. The number of hydrogen-bond donors (Lipinski definition) is 0. The van der Waals surface area contributed by atoms with Crippen molar-refractivity contribution in [1.82, 2.24) is 4.57 Å². The summed E-state index contributed by atoms with van der Waals surface area (Å²) in [4.78, 5) is 2.11. The highest BCUT2D eigenvalue weighted by Crippen LogP contribution is 2.26. The minimum absolute atomic E-state index is 0.570. The second-order valence-electron chi connectivity index (χ2n) is 7.18. The summed E-state index contributed by atoms with van der Waals surface area (Å²) in [6, 6.07) is 21.4. The first kappa shape index (κ1) is 19.0. The fourth-order valence-corrected chi connectivity index (χ4v) is 4.57. The van der Waals surface area contributed by atoms with Crippen LogP contribution in [0.5, 0.6) is 0 Å². The minimum Gasteiger partial charge on any atom is -0.378 e. The van der Waals surface area contributed by atoms with Crippen LogP contribution < -0.4 is 9.47 Å². The van der Waals surface area contributed by atoms with Crippen molar-refractivity contribution >= 4 is 39.4 Å². The maximum atomic E-state index is 5.61. The third-order valence-electron chi connectivity index (χ3n) is 5.12. The first-order valence-electron chi connectivity index (χ1n) is 9.55. The molecule has 0 unspecified atom stereocenters. The Bertz CT molecular complexity index is 1220. The zero-order chi connectivity index (χ0) is 20.4. The third-order valence-corrected chi connectivity index (χ3v) is 6.25. The lowest BCUT2D eigenvalue weighted by atomic mass is 10.1. The van der Waals surface area contributed by atoms with E-state index >= 15 is 0 Å². The van der Waals surface area contributed by atoms with Crippen molar-refractivity contribution in [2.24, 2.45) is 7.05 Å². The Kier molecular flexibility index (Phi) is 5.24. The maximum Gasteiger partial charge on any atom is 0.263 e. The van der Waals surface area contributed by atoms with Gasteiger partial charge in [-0.25, -0.2) is 0 Å². The molecule has 4 rings (SSSR count). The Morgan fingerprint density at radius 3 is 2.52 bits per heavy atom. The van der Waals surface area contributed by atoms with Crippen molar-refractivity contribution in [3.63, 3.8) is 0 Å². The summed E-state index contributed by atoms with van der Waals surface area (Å²) in [5.41, 5.74) is 5.95. The molecule has 0 aliphatic carbocycles. The molecule has 0 saturated carbocycles. The number of hydrogen-bond acceptors (Lipinski definition) is 2. The molecule has 0 radical (unpaired) electrons. The molecule has 0 N–H and O–H groups in total. The van der Waals surface area contributed by atoms with Gasteiger partial charge < -0.3 is 9.47 Å². The van der Waals surface area contributed by atoms with Gasteiger partial charge in [0.15, 0.2) is 0 Å². The number of aromatic nitrogens is 2. The molecule has 144 valence electrons. The number of fused-ring (bicyclic) bond motifs is 1. The number of thiazole rings is 1. The Labute approximate surface area is 176 Å². The van der Waals surface area contributed by atoms with E-state index in [9.17, 15) is 0 Å². The van der Waals surface area contributed by atoms with Gasteiger partial charge in [0.25, 0.3) is 5.01 Å². The van der Waals surface area contributed by atoms with E-state index in [1.807, 2.05) is 0 Å². The van der Waals surface area contributed by atoms with Crippen LogP contribution in [-0.4, -0.2) is 18.7 Å². The van der Waals surface area contributed by atoms with Crippen molar-refractivity contribution in [2.75, 3.05) is 19.0 Å². The van der Waals surface area contributed by atoms with Crippen LogP contribution in [0.2, 0.25) is 0 Å². The molecule has 0 bridgehead atoms.